The van der Waals surface area contributed by atoms with Gasteiger partial charge >= 0.3 is 0 Å². The van der Waals surface area contributed by atoms with Gasteiger partial charge < -0.3 is 5.11 Å². The maximum absolute atomic E-state index is 9.33. The zero-order valence-corrected chi connectivity index (χ0v) is 14.4. The van der Waals surface area contributed by atoms with E-state index in [1.807, 2.05) is 30.3 Å². The van der Waals surface area contributed by atoms with Crippen LogP contribution in [0.4, 0.5) is 0 Å². The third kappa shape index (κ3) is 2.80. The zero-order chi connectivity index (χ0) is 17.4. The van der Waals surface area contributed by atoms with Gasteiger partial charge in [-0.25, -0.2) is 9.50 Å². The first-order valence-electron chi connectivity index (χ1n) is 7.98. The number of fused-ring (bicyclic) bond motifs is 1. The van der Waals surface area contributed by atoms with Gasteiger partial charge in [-0.2, -0.15) is 0 Å². The molecule has 1 N–H and O–H groups in total. The molecule has 0 spiro atoms. The van der Waals surface area contributed by atoms with Crippen molar-refractivity contribution in [2.45, 2.75) is 13.5 Å². The molecule has 0 atom stereocenters. The van der Waals surface area contributed by atoms with Crippen LogP contribution in [0, 0.1) is 6.92 Å². The summed E-state index contributed by atoms with van der Waals surface area (Å²) in [5, 5.41) is 14.4. The van der Waals surface area contributed by atoms with E-state index in [2.05, 4.69) is 35.2 Å². The van der Waals surface area contributed by atoms with Crippen molar-refractivity contribution >= 4 is 17.2 Å². The Balaban J connectivity index is 1.88. The first-order chi connectivity index (χ1) is 12.2. The molecular formula is C20H16ClN3O. The maximum Gasteiger partial charge on any atom is 0.182 e. The maximum atomic E-state index is 9.33. The number of halogens is 1. The molecule has 2 heterocycles. The average molecular weight is 350 g/mol. The molecular weight excluding hydrogens is 334 g/mol. The number of nitrogens with zero attached hydrogens (tertiary/aromatic N) is 3. The molecule has 4 rings (SSSR count). The third-order valence-corrected chi connectivity index (χ3v) is 4.57. The van der Waals surface area contributed by atoms with E-state index in [0.29, 0.717) is 22.1 Å². The molecule has 4 aromatic rings. The lowest BCUT2D eigenvalue weighted by atomic mass is 9.96. The van der Waals surface area contributed by atoms with Gasteiger partial charge in [0.15, 0.2) is 11.5 Å². The van der Waals surface area contributed by atoms with Crippen LogP contribution in [0.2, 0.25) is 5.02 Å². The number of aliphatic hydroxyl groups is 1. The largest absolute Gasteiger partial charge is 0.392 e. The van der Waals surface area contributed by atoms with E-state index < -0.39 is 0 Å². The summed E-state index contributed by atoms with van der Waals surface area (Å²) in [7, 11) is 0. The van der Waals surface area contributed by atoms with Crippen molar-refractivity contribution < 1.29 is 5.11 Å². The second-order valence-electron chi connectivity index (χ2n) is 5.90. The fourth-order valence-corrected chi connectivity index (χ4v) is 3.28. The predicted octanol–water partition coefficient (Wildman–Crippen LogP) is 4.52. The Morgan fingerprint density at radius 2 is 1.80 bits per heavy atom. The van der Waals surface area contributed by atoms with Gasteiger partial charge in [0, 0.05) is 11.8 Å². The highest BCUT2D eigenvalue weighted by atomic mass is 35.5. The number of pyridine rings is 1. The minimum absolute atomic E-state index is 0.0899. The topological polar surface area (TPSA) is 50.4 Å². The summed E-state index contributed by atoms with van der Waals surface area (Å²) in [6.07, 6.45) is 1.74. The van der Waals surface area contributed by atoms with Crippen molar-refractivity contribution in [2.75, 3.05) is 0 Å². The van der Waals surface area contributed by atoms with Crippen LogP contribution in [0.1, 0.15) is 11.1 Å². The van der Waals surface area contributed by atoms with Gasteiger partial charge in [-0.3, -0.25) is 0 Å². The zero-order valence-electron chi connectivity index (χ0n) is 13.6. The van der Waals surface area contributed by atoms with Crippen molar-refractivity contribution in [3.05, 3.63) is 76.9 Å². The van der Waals surface area contributed by atoms with E-state index >= 15 is 0 Å². The van der Waals surface area contributed by atoms with Crippen LogP contribution >= 0.6 is 11.6 Å². The lowest BCUT2D eigenvalue weighted by Gasteiger charge is -2.09. The molecule has 0 unspecified atom stereocenters. The van der Waals surface area contributed by atoms with Crippen LogP contribution in [0.5, 0.6) is 0 Å². The quantitative estimate of drug-likeness (QED) is 0.591. The van der Waals surface area contributed by atoms with Gasteiger partial charge in [-0.05, 0) is 35.2 Å². The molecule has 124 valence electrons. The van der Waals surface area contributed by atoms with E-state index in [-0.39, 0.29) is 6.61 Å². The van der Waals surface area contributed by atoms with Crippen molar-refractivity contribution in [1.82, 2.24) is 14.6 Å². The summed E-state index contributed by atoms with van der Waals surface area (Å²) in [5.74, 6) is 0.618. The molecule has 0 aliphatic rings. The normalized spacial score (nSPS) is 11.2. The highest BCUT2D eigenvalue weighted by molar-refractivity contribution is 6.33. The van der Waals surface area contributed by atoms with Crippen LogP contribution in [0.25, 0.3) is 28.2 Å². The van der Waals surface area contributed by atoms with Gasteiger partial charge in [0.2, 0.25) is 0 Å². The fraction of sp³-hybridized carbons (Fsp3) is 0.100. The Kier molecular flexibility index (Phi) is 3.99. The number of hydrogen-bond donors (Lipinski definition) is 1. The smallest absolute Gasteiger partial charge is 0.182 e. The second-order valence-corrected chi connectivity index (χ2v) is 6.31. The number of aliphatic hydroxyl groups excluding tert-OH is 1. The molecule has 0 fully saturated rings. The van der Waals surface area contributed by atoms with E-state index in [4.69, 9.17) is 11.6 Å². The Labute approximate surface area is 150 Å². The number of aromatic nitrogens is 3. The highest BCUT2D eigenvalue weighted by Crippen LogP contribution is 2.31. The molecule has 2 aromatic heterocycles. The summed E-state index contributed by atoms with van der Waals surface area (Å²) in [6.45, 7) is 1.98. The predicted molar refractivity (Wildman–Crippen MR) is 99.5 cm³/mol. The van der Waals surface area contributed by atoms with Crippen LogP contribution in [-0.2, 0) is 6.61 Å². The molecule has 25 heavy (non-hydrogen) atoms. The summed E-state index contributed by atoms with van der Waals surface area (Å²) in [4.78, 5) is 4.59. The van der Waals surface area contributed by atoms with Gasteiger partial charge in [0.1, 0.15) is 0 Å². The minimum Gasteiger partial charge on any atom is -0.392 e. The lowest BCUT2D eigenvalue weighted by molar-refractivity contribution is 0.281. The van der Waals surface area contributed by atoms with Crippen LogP contribution in [0.3, 0.4) is 0 Å². The Morgan fingerprint density at radius 3 is 2.56 bits per heavy atom. The molecule has 2 aromatic carbocycles. The fourth-order valence-electron chi connectivity index (χ4n) is 3.01. The van der Waals surface area contributed by atoms with Crippen molar-refractivity contribution in [3.8, 4) is 22.5 Å². The Hall–Kier alpha value is -2.69. The van der Waals surface area contributed by atoms with E-state index in [0.717, 1.165) is 22.3 Å². The summed E-state index contributed by atoms with van der Waals surface area (Å²) >= 11 is 6.27. The SMILES string of the molecule is Cc1c(-c2ccccc2)cccc1-c1nc2c(Cl)cc(CO)cn2n1. The summed E-state index contributed by atoms with van der Waals surface area (Å²) < 4.78 is 1.62. The van der Waals surface area contributed by atoms with Gasteiger partial charge in [0.25, 0.3) is 0 Å². The van der Waals surface area contributed by atoms with Crippen LogP contribution < -0.4 is 0 Å². The van der Waals surface area contributed by atoms with Crippen molar-refractivity contribution in [3.63, 3.8) is 0 Å². The molecule has 0 aliphatic heterocycles. The first-order valence-corrected chi connectivity index (χ1v) is 8.36. The van der Waals surface area contributed by atoms with E-state index in [1.165, 1.54) is 0 Å². The second kappa shape index (κ2) is 6.31. The highest BCUT2D eigenvalue weighted by Gasteiger charge is 2.14. The van der Waals surface area contributed by atoms with Gasteiger partial charge in [0.05, 0.1) is 11.6 Å². The standard InChI is InChI=1S/C20H16ClN3O/c1-13-16(15-6-3-2-4-7-15)8-5-9-17(13)19-22-20-18(21)10-14(12-25)11-24(20)23-19/h2-11,25H,12H2,1H3. The third-order valence-electron chi connectivity index (χ3n) is 4.29. The molecule has 0 radical (unpaired) electrons. The van der Waals surface area contributed by atoms with Crippen LogP contribution in [0.15, 0.2) is 60.8 Å². The monoisotopic (exact) mass is 349 g/mol. The Morgan fingerprint density at radius 1 is 1.04 bits per heavy atom. The first kappa shape index (κ1) is 15.8. The summed E-state index contributed by atoms with van der Waals surface area (Å²) in [6, 6.07) is 18.1. The van der Waals surface area contributed by atoms with Crippen molar-refractivity contribution in [2.24, 2.45) is 0 Å². The molecule has 0 bridgehead atoms. The summed E-state index contributed by atoms with van der Waals surface area (Å²) in [5.41, 5.74) is 5.67. The lowest BCUT2D eigenvalue weighted by Crippen LogP contribution is -1.93. The number of hydrogen-bond acceptors (Lipinski definition) is 3. The molecule has 0 aliphatic carbocycles. The van der Waals surface area contributed by atoms with E-state index in [1.54, 1.807) is 16.8 Å². The van der Waals surface area contributed by atoms with Crippen LogP contribution in [-0.4, -0.2) is 19.7 Å². The van der Waals surface area contributed by atoms with Gasteiger partial charge in [-0.15, -0.1) is 5.10 Å². The molecule has 0 saturated carbocycles. The van der Waals surface area contributed by atoms with E-state index in [9.17, 15) is 5.11 Å². The Bertz CT molecular complexity index is 1060. The number of rotatable bonds is 3. The molecule has 4 nitrogen and oxygen atoms in total. The number of benzene rings is 2. The minimum atomic E-state index is -0.0899. The van der Waals surface area contributed by atoms with Crippen molar-refractivity contribution in [1.29, 1.82) is 0 Å². The molecule has 5 heteroatoms. The molecule has 0 amide bonds. The molecule has 0 saturated heterocycles. The van der Waals surface area contributed by atoms with Gasteiger partial charge in [-0.1, -0.05) is 60.1 Å². The average Bonchev–Trinajstić information content (AvgIpc) is 3.07.